The number of piperazine rings is 1. The Bertz CT molecular complexity index is 1560. The number of ether oxygens (including phenoxy) is 1. The largest absolute Gasteiger partial charge is 0.444 e. The zero-order valence-electron chi connectivity index (χ0n) is 35.0. The van der Waals surface area contributed by atoms with Crippen LogP contribution in [0.4, 0.5) is 4.79 Å². The summed E-state index contributed by atoms with van der Waals surface area (Å²) in [6.45, 7) is 18.1. The van der Waals surface area contributed by atoms with Crippen molar-refractivity contribution in [3.8, 4) is 10.4 Å². The Hall–Kier alpha value is -3.55. The molecule has 2 aromatic rings. The zero-order valence-corrected chi connectivity index (χ0v) is 35.8. The molecular formula is C43H68N6O6S. The number of aliphatic hydroxyl groups excluding tert-OH is 1. The average molecular weight is 797 g/mol. The van der Waals surface area contributed by atoms with Crippen molar-refractivity contribution in [1.82, 2.24) is 30.3 Å². The maximum atomic E-state index is 13.9. The van der Waals surface area contributed by atoms with Gasteiger partial charge in [0, 0.05) is 52.1 Å². The average Bonchev–Trinajstić information content (AvgIpc) is 3.76. The number of carbonyl (C=O) groups is 4. The smallest absolute Gasteiger partial charge is 0.410 e. The number of aliphatic hydroxyl groups is 1. The van der Waals surface area contributed by atoms with Crippen LogP contribution in [-0.4, -0.2) is 112 Å². The van der Waals surface area contributed by atoms with Crippen molar-refractivity contribution in [2.24, 2.45) is 5.41 Å². The highest BCUT2D eigenvalue weighted by Crippen LogP contribution is 2.28. The Kier molecular flexibility index (Phi) is 17.2. The third-order valence-corrected chi connectivity index (χ3v) is 11.6. The van der Waals surface area contributed by atoms with Crippen LogP contribution in [0, 0.1) is 12.3 Å². The molecule has 2 aliphatic heterocycles. The second kappa shape index (κ2) is 21.3. The third-order valence-electron chi connectivity index (χ3n) is 10.6. The quantitative estimate of drug-likeness (QED) is 0.142. The lowest BCUT2D eigenvalue weighted by Gasteiger charge is -2.35. The standard InChI is InChI=1S/C43H68N6O6S/c1-31-37(56-30-45-31)33-20-18-32(19-21-33)28-44-39(52)35-27-34(50)29-49(35)40(53)38(42(2,3)4)46-36(51)17-15-13-11-9-8-10-12-14-16-22-47-23-25-48(26-24-47)41(54)55-43(5,6)7/h18-21,30,34-35,38,50H,8-17,22-29H2,1-7H3,(H,44,52)(H,46,51)/t34-,35+,38-/m1/s1. The van der Waals surface area contributed by atoms with E-state index in [-0.39, 0.29) is 36.8 Å². The lowest BCUT2D eigenvalue weighted by atomic mass is 9.85. The predicted molar refractivity (Wildman–Crippen MR) is 222 cm³/mol. The minimum Gasteiger partial charge on any atom is -0.444 e. The van der Waals surface area contributed by atoms with Crippen molar-refractivity contribution in [2.45, 2.75) is 149 Å². The molecule has 0 spiro atoms. The topological polar surface area (TPSA) is 144 Å². The number of benzene rings is 1. The number of nitrogens with one attached hydrogen (secondary N) is 2. The van der Waals surface area contributed by atoms with E-state index in [1.165, 1.54) is 37.0 Å². The summed E-state index contributed by atoms with van der Waals surface area (Å²) in [6.07, 6.45) is 9.45. The molecule has 0 aliphatic carbocycles. The molecule has 3 heterocycles. The van der Waals surface area contributed by atoms with E-state index >= 15 is 0 Å². The number of likely N-dealkylation sites (tertiary alicyclic amines) is 1. The minimum atomic E-state index is -0.819. The first-order valence-electron chi connectivity index (χ1n) is 20.8. The van der Waals surface area contributed by atoms with Gasteiger partial charge in [-0.1, -0.05) is 90.0 Å². The van der Waals surface area contributed by atoms with Crippen molar-refractivity contribution in [3.63, 3.8) is 0 Å². The Labute approximate surface area is 339 Å². The number of carbonyl (C=O) groups excluding carboxylic acids is 4. The SMILES string of the molecule is Cc1ncsc1-c1ccc(CNC(=O)[C@@H]2C[C@@H](O)CN2C(=O)[C@@H](NC(=O)CCCCCCCCCCCN2CCN(C(=O)OC(C)(C)C)CC2)C(C)(C)C)cc1. The molecule has 2 saturated heterocycles. The van der Waals surface area contributed by atoms with Crippen LogP contribution in [0.1, 0.15) is 123 Å². The number of amides is 4. The second-order valence-corrected chi connectivity index (χ2v) is 18.5. The van der Waals surface area contributed by atoms with E-state index < -0.39 is 29.2 Å². The molecule has 0 radical (unpaired) electrons. The normalized spacial score (nSPS) is 18.5. The van der Waals surface area contributed by atoms with Crippen LogP contribution in [0.3, 0.4) is 0 Å². The molecule has 4 rings (SSSR count). The fraction of sp³-hybridized carbons (Fsp3) is 0.698. The number of unbranched alkanes of at least 4 members (excludes halogenated alkanes) is 8. The van der Waals surface area contributed by atoms with Crippen molar-refractivity contribution in [1.29, 1.82) is 0 Å². The van der Waals surface area contributed by atoms with Gasteiger partial charge < -0.3 is 30.3 Å². The molecule has 0 unspecified atom stereocenters. The molecule has 0 saturated carbocycles. The van der Waals surface area contributed by atoms with E-state index in [2.05, 4.69) is 20.5 Å². The first kappa shape index (κ1) is 45.2. The number of hydrogen-bond donors (Lipinski definition) is 3. The maximum Gasteiger partial charge on any atom is 0.410 e. The van der Waals surface area contributed by atoms with Gasteiger partial charge in [0.2, 0.25) is 17.7 Å². The van der Waals surface area contributed by atoms with Gasteiger partial charge in [-0.05, 0) is 63.6 Å². The fourth-order valence-corrected chi connectivity index (χ4v) is 8.16. The number of rotatable bonds is 18. The molecule has 2 aliphatic rings. The third kappa shape index (κ3) is 14.4. The summed E-state index contributed by atoms with van der Waals surface area (Å²) >= 11 is 1.59. The number of nitrogens with zero attached hydrogens (tertiary/aromatic N) is 4. The molecule has 3 N–H and O–H groups in total. The van der Waals surface area contributed by atoms with Gasteiger partial charge in [0.05, 0.1) is 22.2 Å². The van der Waals surface area contributed by atoms with E-state index in [4.69, 9.17) is 4.74 Å². The summed E-state index contributed by atoms with van der Waals surface area (Å²) in [4.78, 5) is 63.8. The molecule has 2 fully saturated rings. The fourth-order valence-electron chi connectivity index (χ4n) is 7.35. The molecule has 56 heavy (non-hydrogen) atoms. The van der Waals surface area contributed by atoms with Gasteiger partial charge in [-0.25, -0.2) is 9.78 Å². The maximum absolute atomic E-state index is 13.9. The van der Waals surface area contributed by atoms with E-state index in [1.54, 1.807) is 11.3 Å². The number of hydrogen-bond acceptors (Lipinski definition) is 9. The van der Waals surface area contributed by atoms with E-state index in [1.807, 2.05) is 83.1 Å². The van der Waals surface area contributed by atoms with Crippen LogP contribution in [-0.2, 0) is 25.7 Å². The van der Waals surface area contributed by atoms with E-state index in [0.29, 0.717) is 13.0 Å². The van der Waals surface area contributed by atoms with Crippen LogP contribution in [0.2, 0.25) is 0 Å². The number of thiazole rings is 1. The predicted octanol–water partition coefficient (Wildman–Crippen LogP) is 6.68. The second-order valence-electron chi connectivity index (χ2n) is 17.7. The minimum absolute atomic E-state index is 0.0525. The van der Waals surface area contributed by atoms with Crippen molar-refractivity contribution < 1.29 is 29.0 Å². The first-order chi connectivity index (χ1) is 26.5. The van der Waals surface area contributed by atoms with Gasteiger partial charge in [-0.3, -0.25) is 19.3 Å². The van der Waals surface area contributed by atoms with Crippen LogP contribution >= 0.6 is 11.3 Å². The molecule has 12 nitrogen and oxygen atoms in total. The van der Waals surface area contributed by atoms with Crippen LogP contribution < -0.4 is 10.6 Å². The summed E-state index contributed by atoms with van der Waals surface area (Å²) in [5.41, 5.74) is 3.76. The molecule has 4 amide bonds. The Morgan fingerprint density at radius 1 is 0.893 bits per heavy atom. The summed E-state index contributed by atoms with van der Waals surface area (Å²) < 4.78 is 5.50. The van der Waals surface area contributed by atoms with E-state index in [0.717, 1.165) is 80.1 Å². The van der Waals surface area contributed by atoms with Gasteiger partial charge in [0.15, 0.2) is 0 Å². The number of aromatic nitrogens is 1. The highest BCUT2D eigenvalue weighted by atomic mass is 32.1. The molecule has 1 aromatic heterocycles. The van der Waals surface area contributed by atoms with Gasteiger partial charge in [-0.15, -0.1) is 11.3 Å². The molecule has 312 valence electrons. The van der Waals surface area contributed by atoms with Gasteiger partial charge in [0.25, 0.3) is 0 Å². The summed E-state index contributed by atoms with van der Waals surface area (Å²) in [6, 6.07) is 6.33. The van der Waals surface area contributed by atoms with Gasteiger partial charge in [-0.2, -0.15) is 0 Å². The summed E-state index contributed by atoms with van der Waals surface area (Å²) in [5.74, 6) is -0.821. The zero-order chi connectivity index (χ0) is 40.9. The Balaban J connectivity index is 1.09. The van der Waals surface area contributed by atoms with Crippen molar-refractivity contribution in [2.75, 3.05) is 39.3 Å². The number of β-amino-alcohol motifs (C(OH)–C–C–N with tert-alkyl or cyclic N) is 1. The molecule has 13 heteroatoms. The lowest BCUT2D eigenvalue weighted by Crippen LogP contribution is -2.57. The van der Waals surface area contributed by atoms with Crippen LogP contribution in [0.5, 0.6) is 0 Å². The molecule has 1 aromatic carbocycles. The lowest BCUT2D eigenvalue weighted by molar-refractivity contribution is -0.144. The first-order valence-corrected chi connectivity index (χ1v) is 21.6. The molecular weight excluding hydrogens is 729 g/mol. The molecule has 3 atom stereocenters. The van der Waals surface area contributed by atoms with Crippen LogP contribution in [0.15, 0.2) is 29.8 Å². The highest BCUT2D eigenvalue weighted by Gasteiger charge is 2.44. The van der Waals surface area contributed by atoms with E-state index in [9.17, 15) is 24.3 Å². The van der Waals surface area contributed by atoms with Gasteiger partial charge >= 0.3 is 6.09 Å². The summed E-state index contributed by atoms with van der Waals surface area (Å²) in [5, 5.41) is 16.5. The Morgan fingerprint density at radius 3 is 2.07 bits per heavy atom. The summed E-state index contributed by atoms with van der Waals surface area (Å²) in [7, 11) is 0. The highest BCUT2D eigenvalue weighted by molar-refractivity contribution is 7.13. The van der Waals surface area contributed by atoms with Crippen molar-refractivity contribution in [3.05, 3.63) is 41.0 Å². The number of aryl methyl sites for hydroxylation is 1. The Morgan fingerprint density at radius 2 is 1.50 bits per heavy atom. The monoisotopic (exact) mass is 796 g/mol. The van der Waals surface area contributed by atoms with Crippen LogP contribution in [0.25, 0.3) is 10.4 Å². The van der Waals surface area contributed by atoms with Gasteiger partial charge in [0.1, 0.15) is 17.7 Å². The van der Waals surface area contributed by atoms with Crippen molar-refractivity contribution >= 4 is 35.2 Å². The molecule has 0 bridgehead atoms.